The Balaban J connectivity index is 1.82. The molecule has 2 aromatic rings. The van der Waals surface area contributed by atoms with Crippen LogP contribution in [0.2, 0.25) is 0 Å². The van der Waals surface area contributed by atoms with Crippen LogP contribution < -0.4 is 5.32 Å². The maximum Gasteiger partial charge on any atom is 0.225 e. The fourth-order valence-electron chi connectivity index (χ4n) is 3.34. The van der Waals surface area contributed by atoms with Crippen LogP contribution >= 0.6 is 0 Å². The number of nitrogens with one attached hydrogen (secondary N) is 1. The third-order valence-corrected chi connectivity index (χ3v) is 5.31. The van der Waals surface area contributed by atoms with Crippen molar-refractivity contribution in [2.24, 2.45) is 11.8 Å². The summed E-state index contributed by atoms with van der Waals surface area (Å²) in [4.78, 5) is 26.7. The molecule has 162 valence electrons. The lowest BCUT2D eigenvalue weighted by Gasteiger charge is -2.28. The first-order chi connectivity index (χ1) is 14.2. The molecule has 0 fully saturated rings. The molecule has 0 saturated carbocycles. The number of hydrogen-bond donors (Lipinski definition) is 1. The highest BCUT2D eigenvalue weighted by atomic mass is 19.1. The lowest BCUT2D eigenvalue weighted by Crippen LogP contribution is -2.46. The molecule has 1 N–H and O–H groups in total. The SMILES string of the molecule is C[C@H](Cc1cccc(F)c1)C(=O)NC[C@H](C)N(C)C(=O)[C@H](C)Cc1cccc(F)c1. The summed E-state index contributed by atoms with van der Waals surface area (Å²) < 4.78 is 26.7. The lowest BCUT2D eigenvalue weighted by atomic mass is 9.99. The van der Waals surface area contributed by atoms with Gasteiger partial charge < -0.3 is 10.2 Å². The Morgan fingerprint density at radius 2 is 1.40 bits per heavy atom. The van der Waals surface area contributed by atoms with Gasteiger partial charge in [0, 0.05) is 31.5 Å². The Hall–Kier alpha value is -2.76. The molecule has 0 radical (unpaired) electrons. The summed E-state index contributed by atoms with van der Waals surface area (Å²) in [6.07, 6.45) is 0.891. The summed E-state index contributed by atoms with van der Waals surface area (Å²) in [7, 11) is 1.71. The number of hydrogen-bond acceptors (Lipinski definition) is 2. The van der Waals surface area contributed by atoms with Crippen molar-refractivity contribution >= 4 is 11.8 Å². The van der Waals surface area contributed by atoms with Crippen LogP contribution in [0.25, 0.3) is 0 Å². The van der Waals surface area contributed by atoms with Gasteiger partial charge in [-0.2, -0.15) is 0 Å². The van der Waals surface area contributed by atoms with Gasteiger partial charge in [0.05, 0.1) is 0 Å². The van der Waals surface area contributed by atoms with Crippen LogP contribution in [-0.4, -0.2) is 36.3 Å². The maximum atomic E-state index is 13.3. The van der Waals surface area contributed by atoms with Crippen molar-refractivity contribution in [1.82, 2.24) is 10.2 Å². The van der Waals surface area contributed by atoms with E-state index in [4.69, 9.17) is 0 Å². The van der Waals surface area contributed by atoms with Crippen LogP contribution in [0.3, 0.4) is 0 Å². The van der Waals surface area contributed by atoms with Gasteiger partial charge in [0.25, 0.3) is 0 Å². The fraction of sp³-hybridized carbons (Fsp3) is 0.417. The molecule has 2 amide bonds. The number of benzene rings is 2. The number of nitrogens with zero attached hydrogens (tertiary/aromatic N) is 1. The van der Waals surface area contributed by atoms with E-state index in [1.54, 1.807) is 43.1 Å². The second-order valence-corrected chi connectivity index (χ2v) is 8.01. The number of carbonyl (C=O) groups excluding carboxylic acids is 2. The molecule has 0 aliphatic heterocycles. The molecule has 0 aliphatic rings. The summed E-state index contributed by atoms with van der Waals surface area (Å²) in [5.74, 6) is -1.45. The van der Waals surface area contributed by atoms with E-state index in [0.717, 1.165) is 11.1 Å². The molecule has 0 bridgehead atoms. The van der Waals surface area contributed by atoms with Gasteiger partial charge in [-0.25, -0.2) is 8.78 Å². The third kappa shape index (κ3) is 6.94. The average Bonchev–Trinajstić information content (AvgIpc) is 2.70. The zero-order valence-electron chi connectivity index (χ0n) is 18.0. The molecular weight excluding hydrogens is 386 g/mol. The lowest BCUT2D eigenvalue weighted by molar-refractivity contribution is -0.136. The molecule has 0 aromatic heterocycles. The van der Waals surface area contributed by atoms with Gasteiger partial charge >= 0.3 is 0 Å². The number of amides is 2. The van der Waals surface area contributed by atoms with Crippen molar-refractivity contribution in [1.29, 1.82) is 0 Å². The molecule has 0 heterocycles. The van der Waals surface area contributed by atoms with Gasteiger partial charge in [0.2, 0.25) is 11.8 Å². The van der Waals surface area contributed by atoms with Gasteiger partial charge in [-0.05, 0) is 55.2 Å². The van der Waals surface area contributed by atoms with E-state index < -0.39 is 0 Å². The molecule has 0 saturated heterocycles. The number of carbonyl (C=O) groups is 2. The molecular formula is C24H30F2N2O2. The average molecular weight is 417 g/mol. The Bertz CT molecular complexity index is 872. The van der Waals surface area contributed by atoms with Crippen molar-refractivity contribution in [3.63, 3.8) is 0 Å². The number of rotatable bonds is 9. The molecule has 2 aromatic carbocycles. The van der Waals surface area contributed by atoms with Crippen LogP contribution in [0.4, 0.5) is 8.78 Å². The predicted octanol–water partition coefficient (Wildman–Crippen LogP) is 3.99. The molecule has 30 heavy (non-hydrogen) atoms. The molecule has 6 heteroatoms. The van der Waals surface area contributed by atoms with Gasteiger partial charge in [0.15, 0.2) is 0 Å². The number of halogens is 2. The van der Waals surface area contributed by atoms with Crippen molar-refractivity contribution in [2.75, 3.05) is 13.6 Å². The Morgan fingerprint density at radius 1 is 0.900 bits per heavy atom. The molecule has 0 aliphatic carbocycles. The zero-order chi connectivity index (χ0) is 22.3. The smallest absolute Gasteiger partial charge is 0.225 e. The first kappa shape index (κ1) is 23.5. The molecule has 4 nitrogen and oxygen atoms in total. The topological polar surface area (TPSA) is 49.4 Å². The maximum absolute atomic E-state index is 13.3. The minimum atomic E-state index is -0.318. The van der Waals surface area contributed by atoms with Crippen LogP contribution in [0.1, 0.15) is 31.9 Å². The Kier molecular flexibility index (Phi) is 8.51. The van der Waals surface area contributed by atoms with Crippen LogP contribution in [-0.2, 0) is 22.4 Å². The van der Waals surface area contributed by atoms with Crippen molar-refractivity contribution in [2.45, 2.75) is 39.7 Å². The van der Waals surface area contributed by atoms with Gasteiger partial charge in [-0.3, -0.25) is 9.59 Å². The first-order valence-corrected chi connectivity index (χ1v) is 10.2. The van der Waals surface area contributed by atoms with Crippen LogP contribution in [0.5, 0.6) is 0 Å². The highest BCUT2D eigenvalue weighted by molar-refractivity contribution is 5.80. The highest BCUT2D eigenvalue weighted by Crippen LogP contribution is 2.14. The summed E-state index contributed by atoms with van der Waals surface area (Å²) in [6.45, 7) is 5.79. The Labute approximate surface area is 177 Å². The standard InChI is InChI=1S/C24H30F2N2O2/c1-16(11-19-7-5-9-21(25)13-19)23(29)27-15-18(3)28(4)24(30)17(2)12-20-8-6-10-22(26)14-20/h5-10,13-14,16-18H,11-12,15H2,1-4H3,(H,27,29)/t16-,17-,18+/m1/s1. The fourth-order valence-corrected chi connectivity index (χ4v) is 3.34. The van der Waals surface area contributed by atoms with Crippen LogP contribution in [0.15, 0.2) is 48.5 Å². The van der Waals surface area contributed by atoms with E-state index in [9.17, 15) is 18.4 Å². The normalized spacial score (nSPS) is 13.9. The number of likely N-dealkylation sites (N-methyl/N-ethyl adjacent to an activating group) is 1. The summed E-state index contributed by atoms with van der Waals surface area (Å²) in [5, 5.41) is 2.87. The van der Waals surface area contributed by atoms with Crippen molar-refractivity contribution < 1.29 is 18.4 Å². The van der Waals surface area contributed by atoms with Crippen molar-refractivity contribution in [3.05, 3.63) is 71.3 Å². The quantitative estimate of drug-likeness (QED) is 0.672. The van der Waals surface area contributed by atoms with E-state index in [1.807, 2.05) is 13.8 Å². The van der Waals surface area contributed by atoms with E-state index in [2.05, 4.69) is 5.32 Å². The summed E-state index contributed by atoms with van der Waals surface area (Å²) in [6, 6.07) is 12.3. The first-order valence-electron chi connectivity index (χ1n) is 10.2. The second kappa shape index (κ2) is 10.9. The zero-order valence-corrected chi connectivity index (χ0v) is 18.0. The van der Waals surface area contributed by atoms with Gasteiger partial charge in [0.1, 0.15) is 11.6 Å². The highest BCUT2D eigenvalue weighted by Gasteiger charge is 2.23. The van der Waals surface area contributed by atoms with E-state index in [-0.39, 0.29) is 41.3 Å². The van der Waals surface area contributed by atoms with E-state index in [0.29, 0.717) is 19.4 Å². The summed E-state index contributed by atoms with van der Waals surface area (Å²) in [5.41, 5.74) is 1.54. The molecule has 3 atom stereocenters. The van der Waals surface area contributed by atoms with Gasteiger partial charge in [-0.15, -0.1) is 0 Å². The molecule has 2 rings (SSSR count). The van der Waals surface area contributed by atoms with E-state index in [1.165, 1.54) is 24.3 Å². The Morgan fingerprint density at radius 3 is 1.90 bits per heavy atom. The molecule has 0 unspecified atom stereocenters. The second-order valence-electron chi connectivity index (χ2n) is 8.01. The predicted molar refractivity (Wildman–Crippen MR) is 114 cm³/mol. The summed E-state index contributed by atoms with van der Waals surface area (Å²) >= 11 is 0. The van der Waals surface area contributed by atoms with Crippen LogP contribution in [0, 0.1) is 23.5 Å². The minimum Gasteiger partial charge on any atom is -0.354 e. The molecule has 0 spiro atoms. The van der Waals surface area contributed by atoms with Crippen molar-refractivity contribution in [3.8, 4) is 0 Å². The monoisotopic (exact) mass is 416 g/mol. The largest absolute Gasteiger partial charge is 0.354 e. The minimum absolute atomic E-state index is 0.0613. The van der Waals surface area contributed by atoms with E-state index >= 15 is 0 Å². The third-order valence-electron chi connectivity index (χ3n) is 5.31. The van der Waals surface area contributed by atoms with Gasteiger partial charge in [-0.1, -0.05) is 38.1 Å².